The van der Waals surface area contributed by atoms with Crippen molar-refractivity contribution in [1.29, 1.82) is 0 Å². The Hall–Kier alpha value is -3.03. The van der Waals surface area contributed by atoms with E-state index < -0.39 is 5.97 Å². The van der Waals surface area contributed by atoms with Crippen LogP contribution in [0.2, 0.25) is 0 Å². The maximum Gasteiger partial charge on any atom is 0.303 e. The van der Waals surface area contributed by atoms with Gasteiger partial charge in [-0.25, -0.2) is 4.68 Å². The minimum Gasteiger partial charge on any atom is -0.481 e. The van der Waals surface area contributed by atoms with Crippen molar-refractivity contribution >= 4 is 17.0 Å². The fourth-order valence-electron chi connectivity index (χ4n) is 4.31. The van der Waals surface area contributed by atoms with Crippen LogP contribution in [0, 0.1) is 5.92 Å². The predicted octanol–water partition coefficient (Wildman–Crippen LogP) is 3.12. The molecule has 3 aromatic rings. The zero-order valence-electron chi connectivity index (χ0n) is 15.1. The van der Waals surface area contributed by atoms with Gasteiger partial charge in [0.2, 0.25) is 11.7 Å². The number of hydrogen-bond acceptors (Lipinski definition) is 6. The molecule has 0 bridgehead atoms. The van der Waals surface area contributed by atoms with Gasteiger partial charge < -0.3 is 9.63 Å². The highest BCUT2D eigenvalue weighted by molar-refractivity contribution is 5.80. The van der Waals surface area contributed by atoms with Gasteiger partial charge in [0.25, 0.3) is 0 Å². The molecule has 2 aliphatic rings. The summed E-state index contributed by atoms with van der Waals surface area (Å²) in [6.45, 7) is 4.12. The van der Waals surface area contributed by atoms with Crippen LogP contribution in [0.25, 0.3) is 22.4 Å². The van der Waals surface area contributed by atoms with Crippen molar-refractivity contribution in [2.45, 2.75) is 44.6 Å². The third-order valence-corrected chi connectivity index (χ3v) is 5.73. The number of fused-ring (bicyclic) bond motifs is 2. The van der Waals surface area contributed by atoms with E-state index in [0.717, 1.165) is 35.0 Å². The summed E-state index contributed by atoms with van der Waals surface area (Å²) < 4.78 is 7.44. The van der Waals surface area contributed by atoms with Gasteiger partial charge in [0.15, 0.2) is 0 Å². The molecule has 2 aromatic heterocycles. The molecule has 8 nitrogen and oxygen atoms in total. The lowest BCUT2D eigenvalue weighted by Gasteiger charge is -2.53. The van der Waals surface area contributed by atoms with E-state index in [4.69, 9.17) is 9.63 Å². The van der Waals surface area contributed by atoms with Gasteiger partial charge in [0.1, 0.15) is 5.52 Å². The minimum atomic E-state index is -0.768. The topological polar surface area (TPSA) is 107 Å². The van der Waals surface area contributed by atoms with Crippen molar-refractivity contribution in [3.8, 4) is 11.4 Å². The standard InChI is InChI=1S/C19H19N5O3/c1-10(2)24-15-4-3-11(7-14(15)21-23-24)17-20-18(27-22-17)19-6-5-13(19)12(9-19)8-16(25)26/h3-5,7,10,12H,6,8-9H2,1-2H3,(H,25,26). The summed E-state index contributed by atoms with van der Waals surface area (Å²) in [5.74, 6) is 0.431. The number of aliphatic carboxylic acids is 1. The fourth-order valence-corrected chi connectivity index (χ4v) is 4.31. The summed E-state index contributed by atoms with van der Waals surface area (Å²) in [6, 6.07) is 6.07. The van der Waals surface area contributed by atoms with Gasteiger partial charge in [0.05, 0.1) is 17.4 Å². The molecule has 138 valence electrons. The summed E-state index contributed by atoms with van der Waals surface area (Å²) in [5.41, 5.74) is 3.48. The largest absolute Gasteiger partial charge is 0.481 e. The zero-order valence-corrected chi connectivity index (χ0v) is 15.1. The second-order valence-corrected chi connectivity index (χ2v) is 7.70. The number of nitrogens with zero attached hydrogens (tertiary/aromatic N) is 5. The molecule has 1 aromatic carbocycles. The molecule has 0 aliphatic heterocycles. The Morgan fingerprint density at radius 3 is 2.96 bits per heavy atom. The van der Waals surface area contributed by atoms with Crippen molar-refractivity contribution in [2.75, 3.05) is 0 Å². The number of rotatable bonds is 5. The second-order valence-electron chi connectivity index (χ2n) is 7.70. The molecule has 1 fully saturated rings. The minimum absolute atomic E-state index is 0.0917. The van der Waals surface area contributed by atoms with Crippen molar-refractivity contribution in [3.05, 3.63) is 35.7 Å². The highest BCUT2D eigenvalue weighted by Crippen LogP contribution is 2.61. The maximum absolute atomic E-state index is 11.0. The number of allylic oxidation sites excluding steroid dienone is 2. The van der Waals surface area contributed by atoms with E-state index in [9.17, 15) is 4.79 Å². The third-order valence-electron chi connectivity index (χ3n) is 5.73. The van der Waals surface area contributed by atoms with Crippen molar-refractivity contribution in [3.63, 3.8) is 0 Å². The van der Waals surface area contributed by atoms with Gasteiger partial charge in [-0.05, 0) is 50.8 Å². The molecule has 8 heteroatoms. The summed E-state index contributed by atoms with van der Waals surface area (Å²) in [5, 5.41) is 21.6. The Kier molecular flexibility index (Phi) is 3.28. The van der Waals surface area contributed by atoms with Gasteiger partial charge in [-0.3, -0.25) is 4.79 Å². The van der Waals surface area contributed by atoms with Gasteiger partial charge in [-0.2, -0.15) is 4.98 Å². The molecule has 2 aliphatic carbocycles. The molecule has 5 rings (SSSR count). The van der Waals surface area contributed by atoms with Crippen LogP contribution in [-0.4, -0.2) is 36.2 Å². The van der Waals surface area contributed by atoms with E-state index in [-0.39, 0.29) is 23.8 Å². The Labute approximate surface area is 154 Å². The summed E-state index contributed by atoms with van der Waals surface area (Å²) in [7, 11) is 0. The van der Waals surface area contributed by atoms with Crippen molar-refractivity contribution in [2.24, 2.45) is 5.92 Å². The predicted molar refractivity (Wildman–Crippen MR) is 95.9 cm³/mol. The van der Waals surface area contributed by atoms with E-state index in [1.165, 1.54) is 0 Å². The quantitative estimate of drug-likeness (QED) is 0.692. The maximum atomic E-state index is 11.0. The first-order valence-electron chi connectivity index (χ1n) is 9.10. The Bertz CT molecular complexity index is 1100. The van der Waals surface area contributed by atoms with E-state index in [1.54, 1.807) is 0 Å². The molecule has 0 saturated heterocycles. The zero-order chi connectivity index (χ0) is 18.8. The van der Waals surface area contributed by atoms with E-state index in [1.807, 2.05) is 22.9 Å². The summed E-state index contributed by atoms with van der Waals surface area (Å²) in [6.07, 6.45) is 3.85. The number of hydrogen-bond donors (Lipinski definition) is 1. The number of carbonyl (C=O) groups is 1. The Balaban J connectivity index is 1.43. The molecule has 2 atom stereocenters. The van der Waals surface area contributed by atoms with Gasteiger partial charge in [0, 0.05) is 11.6 Å². The van der Waals surface area contributed by atoms with Gasteiger partial charge >= 0.3 is 5.97 Å². The smallest absolute Gasteiger partial charge is 0.303 e. The monoisotopic (exact) mass is 365 g/mol. The normalized spacial score (nSPS) is 23.7. The number of aromatic nitrogens is 5. The molecule has 0 spiro atoms. The third kappa shape index (κ3) is 2.25. The molecule has 1 saturated carbocycles. The average molecular weight is 365 g/mol. The van der Waals surface area contributed by atoms with Gasteiger partial charge in [-0.15, -0.1) is 5.10 Å². The molecular weight excluding hydrogens is 346 g/mol. The van der Waals surface area contributed by atoms with Crippen LogP contribution in [0.15, 0.2) is 34.4 Å². The van der Waals surface area contributed by atoms with Crippen LogP contribution >= 0.6 is 0 Å². The van der Waals surface area contributed by atoms with Crippen LogP contribution in [0.4, 0.5) is 0 Å². The number of benzene rings is 1. The van der Waals surface area contributed by atoms with E-state index >= 15 is 0 Å². The van der Waals surface area contributed by atoms with Crippen LogP contribution < -0.4 is 0 Å². The summed E-state index contributed by atoms with van der Waals surface area (Å²) in [4.78, 5) is 15.6. The number of carboxylic acid groups (broad SMARTS) is 1. The molecule has 0 amide bonds. The first-order valence-corrected chi connectivity index (χ1v) is 9.10. The molecular formula is C19H19N5O3. The van der Waals surface area contributed by atoms with E-state index in [2.05, 4.69) is 40.4 Å². The summed E-state index contributed by atoms with van der Waals surface area (Å²) >= 11 is 0. The average Bonchev–Trinajstić information content (AvgIpc) is 3.24. The molecule has 2 heterocycles. The van der Waals surface area contributed by atoms with Crippen LogP contribution in [0.5, 0.6) is 0 Å². The second kappa shape index (κ2) is 5.48. The molecule has 2 unspecified atom stereocenters. The highest BCUT2D eigenvalue weighted by atomic mass is 16.5. The molecule has 1 N–H and O–H groups in total. The highest BCUT2D eigenvalue weighted by Gasteiger charge is 2.58. The molecule has 0 radical (unpaired) electrons. The Morgan fingerprint density at radius 1 is 1.44 bits per heavy atom. The first-order chi connectivity index (χ1) is 13.0. The van der Waals surface area contributed by atoms with E-state index in [0.29, 0.717) is 11.7 Å². The lowest BCUT2D eigenvalue weighted by atomic mass is 9.49. The van der Waals surface area contributed by atoms with Gasteiger partial charge in [-0.1, -0.05) is 22.0 Å². The first kappa shape index (κ1) is 16.2. The lowest BCUT2D eigenvalue weighted by Crippen LogP contribution is -2.50. The van der Waals surface area contributed by atoms with Crippen LogP contribution in [-0.2, 0) is 10.2 Å². The Morgan fingerprint density at radius 2 is 2.30 bits per heavy atom. The SMILES string of the molecule is CC(C)n1nnc2cc(-c3noc(C45CC=C4C(CC(=O)O)C5)n3)ccc21. The lowest BCUT2D eigenvalue weighted by molar-refractivity contribution is -0.138. The number of carboxylic acids is 1. The van der Waals surface area contributed by atoms with Crippen molar-refractivity contribution < 1.29 is 14.4 Å². The van der Waals surface area contributed by atoms with Crippen molar-refractivity contribution in [1.82, 2.24) is 25.1 Å². The van der Waals surface area contributed by atoms with Crippen LogP contribution in [0.3, 0.4) is 0 Å². The molecule has 27 heavy (non-hydrogen) atoms. The van der Waals surface area contributed by atoms with Crippen LogP contribution in [0.1, 0.15) is 45.0 Å². The fraction of sp³-hybridized carbons (Fsp3) is 0.421.